The van der Waals surface area contributed by atoms with Gasteiger partial charge in [0.25, 0.3) is 32.1 Å². The summed E-state index contributed by atoms with van der Waals surface area (Å²) in [5.41, 5.74) is 1.43. The number of nitrogens with zero attached hydrogens (tertiary/aromatic N) is 2. The molecule has 0 aliphatic heterocycles. The van der Waals surface area contributed by atoms with E-state index >= 15 is 0 Å². The molecule has 0 fully saturated rings. The van der Waals surface area contributed by atoms with Crippen molar-refractivity contribution in [3.8, 4) is 11.5 Å². The first-order valence-corrected chi connectivity index (χ1v) is 18.0. The highest BCUT2D eigenvalue weighted by atomic mass is 32.2. The summed E-state index contributed by atoms with van der Waals surface area (Å²) in [5, 5.41) is 25.9. The van der Waals surface area contributed by atoms with E-state index in [1.165, 1.54) is 84.9 Å². The molecule has 0 spiro atoms. The van der Waals surface area contributed by atoms with Gasteiger partial charge >= 0.3 is 6.03 Å². The van der Waals surface area contributed by atoms with Crippen LogP contribution in [0.15, 0.2) is 117 Å². The van der Waals surface area contributed by atoms with Crippen molar-refractivity contribution in [3.63, 3.8) is 0 Å². The molecule has 2 aliphatic rings. The Morgan fingerprint density at radius 1 is 0.558 bits per heavy atom. The quantitative estimate of drug-likeness (QED) is 0.148. The number of aromatic hydroxyl groups is 2. The Balaban J connectivity index is 1.12. The Labute approximate surface area is 295 Å². The van der Waals surface area contributed by atoms with E-state index in [1.807, 2.05) is 0 Å². The van der Waals surface area contributed by atoms with Crippen LogP contribution in [0.5, 0.6) is 11.5 Å². The van der Waals surface area contributed by atoms with E-state index in [9.17, 15) is 50.5 Å². The summed E-state index contributed by atoms with van der Waals surface area (Å²) in [7, 11) is -9.19. The van der Waals surface area contributed by atoms with Crippen LogP contribution >= 0.6 is 0 Å². The molecule has 0 unspecified atom stereocenters. The maximum Gasteiger partial charge on any atom is 0.323 e. The summed E-state index contributed by atoms with van der Waals surface area (Å²) >= 11 is 0. The van der Waals surface area contributed by atoms with Gasteiger partial charge < -0.3 is 20.8 Å². The van der Waals surface area contributed by atoms with Crippen molar-refractivity contribution in [2.75, 3.05) is 10.6 Å². The van der Waals surface area contributed by atoms with Gasteiger partial charge in [-0.2, -0.15) is 16.8 Å². The van der Waals surface area contributed by atoms with Crippen LogP contribution in [0, 0.1) is 0 Å². The van der Waals surface area contributed by atoms with Crippen molar-refractivity contribution < 1.29 is 50.5 Å². The van der Waals surface area contributed by atoms with E-state index in [0.29, 0.717) is 11.1 Å². The predicted molar refractivity (Wildman–Crippen MR) is 190 cm³/mol. The third-order valence-electron chi connectivity index (χ3n) is 7.98. The lowest BCUT2D eigenvalue weighted by Gasteiger charge is -2.18. The van der Waals surface area contributed by atoms with Crippen molar-refractivity contribution in [3.05, 3.63) is 140 Å². The van der Waals surface area contributed by atoms with Crippen LogP contribution in [-0.4, -0.2) is 65.4 Å². The highest BCUT2D eigenvalue weighted by Crippen LogP contribution is 2.32. The Morgan fingerprint density at radius 2 is 0.923 bits per heavy atom. The first-order valence-electron chi connectivity index (χ1n) is 15.1. The molecule has 4 amide bonds. The van der Waals surface area contributed by atoms with Crippen LogP contribution < -0.4 is 10.6 Å². The Hall–Kier alpha value is -6.27. The predicted octanol–water partition coefficient (Wildman–Crippen LogP) is 4.66. The molecule has 6 N–H and O–H groups in total. The fourth-order valence-corrected chi connectivity index (χ4v) is 6.72. The van der Waals surface area contributed by atoms with Crippen molar-refractivity contribution in [1.29, 1.82) is 0 Å². The molecular formula is C35H26N4O11S2. The third kappa shape index (κ3) is 7.72. The minimum absolute atomic E-state index is 0.0725. The molecule has 0 bridgehead atoms. The number of carbonyl (C=O) groups is 3. The standard InChI is InChI=1S/C35H26N4O11S2/c40-29-5-1-3-21-15-25(51(45,46)47)17-27(31(21)29)38-33(42)19-7-11-23(12-8-19)36-35(44)37-24-13-9-20(10-14-24)34(43)39-28-18-26(52(48,49)50)16-22-4-2-6-30(41)32(22)28/h1-14,17-18,40-41H,15-16H2,(H2,36,37,44)(H,45,46,47)(H,48,49,50). The number of nitrogens with one attached hydrogen (secondary N) is 2. The van der Waals surface area contributed by atoms with Gasteiger partial charge in [0.05, 0.1) is 21.2 Å². The van der Waals surface area contributed by atoms with Gasteiger partial charge in [0.1, 0.15) is 11.5 Å². The number of allylic oxidation sites excluding steroid dienone is 4. The number of anilines is 2. The number of benzene rings is 4. The SMILES string of the molecule is O=C(Nc1ccc(C(=O)N=C2C=C(S(=O)(=O)O)Cc3cccc(O)c32)cc1)Nc1ccc(C(=O)N=C2C=C(S(=O)(=O)O)Cc3cccc(O)c32)cc1. The summed E-state index contributed by atoms with van der Waals surface area (Å²) in [6.45, 7) is 0. The number of urea groups is 1. The molecule has 0 atom stereocenters. The highest BCUT2D eigenvalue weighted by molar-refractivity contribution is 7.90. The number of rotatable bonds is 6. The molecular weight excluding hydrogens is 717 g/mol. The first kappa shape index (κ1) is 35.6. The fraction of sp³-hybridized carbons (Fsp3) is 0.0571. The lowest BCUT2D eigenvalue weighted by atomic mass is 9.94. The molecule has 0 saturated carbocycles. The Kier molecular flexibility index (Phi) is 9.44. The van der Waals surface area contributed by atoms with Crippen LogP contribution in [0.4, 0.5) is 16.2 Å². The summed E-state index contributed by atoms with van der Waals surface area (Å²) < 4.78 is 66.4. The van der Waals surface area contributed by atoms with Crippen molar-refractivity contribution in [1.82, 2.24) is 0 Å². The normalized spacial score (nSPS) is 15.6. The molecule has 2 aliphatic carbocycles. The molecule has 17 heteroatoms. The second-order valence-electron chi connectivity index (χ2n) is 11.5. The summed E-state index contributed by atoms with van der Waals surface area (Å²) in [6, 6.07) is 19.2. The van der Waals surface area contributed by atoms with E-state index in [4.69, 9.17) is 0 Å². The third-order valence-corrected chi connectivity index (χ3v) is 9.83. The number of hydrogen-bond donors (Lipinski definition) is 6. The fourth-order valence-electron chi connectivity index (χ4n) is 5.53. The smallest absolute Gasteiger partial charge is 0.323 e. The van der Waals surface area contributed by atoms with E-state index in [2.05, 4.69) is 20.6 Å². The average Bonchev–Trinajstić information content (AvgIpc) is 3.08. The Morgan fingerprint density at radius 3 is 1.27 bits per heavy atom. The van der Waals surface area contributed by atoms with Crippen LogP contribution in [0.3, 0.4) is 0 Å². The van der Waals surface area contributed by atoms with Crippen LogP contribution in [0.25, 0.3) is 0 Å². The molecule has 0 heterocycles. The van der Waals surface area contributed by atoms with Gasteiger partial charge in [-0.1, -0.05) is 24.3 Å². The summed E-state index contributed by atoms with van der Waals surface area (Å²) in [6.07, 6.45) is 1.65. The molecule has 52 heavy (non-hydrogen) atoms. The van der Waals surface area contributed by atoms with Crippen molar-refractivity contribution in [2.45, 2.75) is 12.8 Å². The van der Waals surface area contributed by atoms with Gasteiger partial charge in [-0.05, 0) is 83.9 Å². The van der Waals surface area contributed by atoms with Gasteiger partial charge in [-0.15, -0.1) is 0 Å². The van der Waals surface area contributed by atoms with Crippen molar-refractivity contribution >= 4 is 60.9 Å². The lowest BCUT2D eigenvalue weighted by Crippen LogP contribution is -2.19. The maximum atomic E-state index is 13.0. The second-order valence-corrected chi connectivity index (χ2v) is 14.4. The maximum absolute atomic E-state index is 13.0. The average molecular weight is 743 g/mol. The number of amides is 4. The monoisotopic (exact) mass is 742 g/mol. The number of hydrogen-bond acceptors (Lipinski definition) is 9. The zero-order chi connectivity index (χ0) is 37.4. The van der Waals surface area contributed by atoms with Gasteiger partial charge in [0.2, 0.25) is 0 Å². The number of fused-ring (bicyclic) bond motifs is 2. The topological polar surface area (TPSA) is 249 Å². The van der Waals surface area contributed by atoms with Gasteiger partial charge in [0, 0.05) is 46.5 Å². The molecule has 0 radical (unpaired) electrons. The molecule has 264 valence electrons. The number of phenols is 2. The van der Waals surface area contributed by atoms with Crippen LogP contribution in [0.2, 0.25) is 0 Å². The van der Waals surface area contributed by atoms with E-state index < -0.39 is 38.1 Å². The Bertz CT molecular complexity index is 2350. The van der Waals surface area contributed by atoms with E-state index in [1.54, 1.807) is 0 Å². The second kappa shape index (κ2) is 13.8. The van der Waals surface area contributed by atoms with Gasteiger partial charge in [-0.25, -0.2) is 14.8 Å². The first-order chi connectivity index (χ1) is 24.6. The van der Waals surface area contributed by atoms with E-state index in [-0.39, 0.29) is 79.2 Å². The molecule has 0 saturated heterocycles. The van der Waals surface area contributed by atoms with Crippen LogP contribution in [-0.2, 0) is 33.1 Å². The lowest BCUT2D eigenvalue weighted by molar-refractivity contribution is 0.0994. The summed E-state index contributed by atoms with van der Waals surface area (Å²) in [5.74, 6) is -2.02. The van der Waals surface area contributed by atoms with Gasteiger partial charge in [-0.3, -0.25) is 18.7 Å². The number of aliphatic imine (C=N–C) groups is 2. The minimum atomic E-state index is -4.59. The molecule has 4 aromatic carbocycles. The molecule has 0 aromatic heterocycles. The molecule has 15 nitrogen and oxygen atoms in total. The largest absolute Gasteiger partial charge is 0.507 e. The zero-order valence-electron chi connectivity index (χ0n) is 26.5. The van der Waals surface area contributed by atoms with Crippen LogP contribution in [0.1, 0.15) is 43.0 Å². The number of phenolic OH excluding ortho intramolecular Hbond substituents is 2. The van der Waals surface area contributed by atoms with Crippen molar-refractivity contribution in [2.24, 2.45) is 9.98 Å². The number of carbonyl (C=O) groups excluding carboxylic acids is 3. The highest BCUT2D eigenvalue weighted by Gasteiger charge is 2.28. The molecule has 4 aromatic rings. The van der Waals surface area contributed by atoms with Gasteiger partial charge in [0.15, 0.2) is 0 Å². The molecule has 6 rings (SSSR count). The van der Waals surface area contributed by atoms with E-state index in [0.717, 1.165) is 12.2 Å². The zero-order valence-corrected chi connectivity index (χ0v) is 28.1. The summed E-state index contributed by atoms with van der Waals surface area (Å²) in [4.78, 5) is 45.8. The minimum Gasteiger partial charge on any atom is -0.507 e.